The van der Waals surface area contributed by atoms with E-state index in [-0.39, 0.29) is 12.3 Å². The Morgan fingerprint density at radius 3 is 2.80 bits per heavy atom. The molecule has 0 spiro atoms. The normalized spacial score (nSPS) is 19.2. The third kappa shape index (κ3) is 4.20. The highest BCUT2D eigenvalue weighted by Gasteiger charge is 2.24. The number of hydrogen-bond donors (Lipinski definition) is 1. The van der Waals surface area contributed by atoms with Gasteiger partial charge in [0, 0.05) is 19.2 Å². The second-order valence-electron chi connectivity index (χ2n) is 4.62. The third-order valence-corrected chi connectivity index (χ3v) is 3.07. The van der Waals surface area contributed by atoms with Gasteiger partial charge in [0.2, 0.25) is 5.91 Å². The number of carboxylic acids is 1. The van der Waals surface area contributed by atoms with E-state index < -0.39 is 12.1 Å². The van der Waals surface area contributed by atoms with E-state index in [9.17, 15) is 9.59 Å². The number of rotatable bonds is 4. The number of nitrogens with zero attached hydrogens (tertiary/aromatic N) is 1. The molecule has 1 heterocycles. The molecule has 0 unspecified atom stereocenters. The van der Waals surface area contributed by atoms with Crippen LogP contribution in [0.1, 0.15) is 12.0 Å². The fourth-order valence-corrected chi connectivity index (χ4v) is 2.07. The van der Waals surface area contributed by atoms with E-state index in [1.165, 1.54) is 6.08 Å². The van der Waals surface area contributed by atoms with Crippen LogP contribution in [0.5, 0.6) is 0 Å². The molecule has 0 saturated carbocycles. The highest BCUT2D eigenvalue weighted by Crippen LogP contribution is 2.10. The molecule has 0 aromatic heterocycles. The minimum atomic E-state index is -0.913. The fourth-order valence-electron chi connectivity index (χ4n) is 2.07. The summed E-state index contributed by atoms with van der Waals surface area (Å²) in [5, 5.41) is 8.75. The van der Waals surface area contributed by atoms with Crippen LogP contribution >= 0.6 is 0 Å². The van der Waals surface area contributed by atoms with Gasteiger partial charge in [0.1, 0.15) is 0 Å². The lowest BCUT2D eigenvalue weighted by Crippen LogP contribution is -2.45. The molecule has 20 heavy (non-hydrogen) atoms. The number of carbonyl (C=O) groups excluding carboxylic acids is 1. The van der Waals surface area contributed by atoms with Gasteiger partial charge in [-0.05, 0) is 11.6 Å². The predicted molar refractivity (Wildman–Crippen MR) is 74.0 cm³/mol. The summed E-state index contributed by atoms with van der Waals surface area (Å²) in [4.78, 5) is 24.3. The Morgan fingerprint density at radius 1 is 1.35 bits per heavy atom. The van der Waals surface area contributed by atoms with Gasteiger partial charge < -0.3 is 14.7 Å². The quantitative estimate of drug-likeness (QED) is 0.843. The molecule has 5 heteroatoms. The lowest BCUT2D eigenvalue weighted by molar-refractivity contribution is -0.145. The van der Waals surface area contributed by atoms with Crippen LogP contribution < -0.4 is 0 Å². The summed E-state index contributed by atoms with van der Waals surface area (Å²) in [5.74, 6) is -1.03. The summed E-state index contributed by atoms with van der Waals surface area (Å²) in [5.41, 5.74) is 0.955. The van der Waals surface area contributed by atoms with Gasteiger partial charge in [-0.2, -0.15) is 0 Å². The molecule has 2 rings (SSSR count). The molecule has 1 fully saturated rings. The summed E-state index contributed by atoms with van der Waals surface area (Å²) in [6, 6.07) is 9.55. The van der Waals surface area contributed by atoms with Crippen LogP contribution in [-0.2, 0) is 14.3 Å². The van der Waals surface area contributed by atoms with Crippen molar-refractivity contribution in [3.8, 4) is 0 Å². The maximum Gasteiger partial charge on any atom is 0.306 e. The van der Waals surface area contributed by atoms with Gasteiger partial charge in [-0.25, -0.2) is 0 Å². The molecule has 1 aromatic rings. The SMILES string of the molecule is O=C(O)C[C@H]1CN(C(=O)/C=C\c2ccccc2)CCO1. The van der Waals surface area contributed by atoms with E-state index in [0.717, 1.165) is 5.56 Å². The van der Waals surface area contributed by atoms with E-state index in [2.05, 4.69) is 0 Å². The van der Waals surface area contributed by atoms with Crippen LogP contribution in [0.4, 0.5) is 0 Å². The molecular weight excluding hydrogens is 258 g/mol. The molecule has 0 bridgehead atoms. The van der Waals surface area contributed by atoms with E-state index >= 15 is 0 Å². The molecule has 0 radical (unpaired) electrons. The summed E-state index contributed by atoms with van der Waals surface area (Å²) >= 11 is 0. The fraction of sp³-hybridized carbons (Fsp3) is 0.333. The predicted octanol–water partition coefficient (Wildman–Crippen LogP) is 1.40. The Morgan fingerprint density at radius 2 is 2.10 bits per heavy atom. The molecule has 5 nitrogen and oxygen atoms in total. The lowest BCUT2D eigenvalue weighted by Gasteiger charge is -2.31. The number of hydrogen-bond acceptors (Lipinski definition) is 3. The Bertz CT molecular complexity index is 498. The van der Waals surface area contributed by atoms with Gasteiger partial charge in [-0.3, -0.25) is 9.59 Å². The number of benzene rings is 1. The Hall–Kier alpha value is -2.14. The summed E-state index contributed by atoms with van der Waals surface area (Å²) < 4.78 is 5.33. The molecule has 106 valence electrons. The van der Waals surface area contributed by atoms with Crippen molar-refractivity contribution >= 4 is 18.0 Å². The first kappa shape index (κ1) is 14.3. The van der Waals surface area contributed by atoms with E-state index in [1.54, 1.807) is 11.0 Å². The molecule has 1 aromatic carbocycles. The standard InChI is InChI=1S/C15H17NO4/c17-14(7-6-12-4-2-1-3-5-12)16-8-9-20-13(11-16)10-15(18)19/h1-7,13H,8-11H2,(H,18,19)/b7-6-/t13-/m0/s1. The first-order chi connectivity index (χ1) is 9.65. The number of morpholine rings is 1. The van der Waals surface area contributed by atoms with Crippen molar-refractivity contribution in [2.75, 3.05) is 19.7 Å². The van der Waals surface area contributed by atoms with Crippen LogP contribution in [-0.4, -0.2) is 47.7 Å². The third-order valence-electron chi connectivity index (χ3n) is 3.07. The second-order valence-corrected chi connectivity index (χ2v) is 4.62. The highest BCUT2D eigenvalue weighted by atomic mass is 16.5. The van der Waals surface area contributed by atoms with Crippen molar-refractivity contribution in [2.45, 2.75) is 12.5 Å². The zero-order valence-corrected chi connectivity index (χ0v) is 11.1. The number of amides is 1. The lowest BCUT2D eigenvalue weighted by atomic mass is 10.2. The van der Waals surface area contributed by atoms with Crippen LogP contribution in [0.3, 0.4) is 0 Å². The zero-order chi connectivity index (χ0) is 14.4. The topological polar surface area (TPSA) is 66.8 Å². The van der Waals surface area contributed by atoms with Crippen molar-refractivity contribution in [1.29, 1.82) is 0 Å². The van der Waals surface area contributed by atoms with Gasteiger partial charge in [0.25, 0.3) is 0 Å². The Labute approximate surface area is 117 Å². The minimum absolute atomic E-state index is 0.0772. The maximum absolute atomic E-state index is 12.0. The smallest absolute Gasteiger partial charge is 0.306 e. The van der Waals surface area contributed by atoms with E-state index in [4.69, 9.17) is 9.84 Å². The van der Waals surface area contributed by atoms with Crippen LogP contribution in [0.25, 0.3) is 6.08 Å². The largest absolute Gasteiger partial charge is 0.481 e. The first-order valence-electron chi connectivity index (χ1n) is 6.50. The summed E-state index contributed by atoms with van der Waals surface area (Å²) in [7, 11) is 0. The van der Waals surface area contributed by atoms with Gasteiger partial charge in [-0.1, -0.05) is 30.3 Å². The molecule has 1 atom stereocenters. The van der Waals surface area contributed by atoms with Gasteiger partial charge in [0.15, 0.2) is 0 Å². The Balaban J connectivity index is 1.92. The number of carbonyl (C=O) groups is 2. The van der Waals surface area contributed by atoms with Crippen LogP contribution in [0.2, 0.25) is 0 Å². The van der Waals surface area contributed by atoms with Crippen LogP contribution in [0, 0.1) is 0 Å². The van der Waals surface area contributed by atoms with E-state index in [0.29, 0.717) is 19.7 Å². The van der Waals surface area contributed by atoms with Crippen molar-refractivity contribution in [3.63, 3.8) is 0 Å². The van der Waals surface area contributed by atoms with Crippen molar-refractivity contribution in [2.24, 2.45) is 0 Å². The van der Waals surface area contributed by atoms with Crippen molar-refractivity contribution in [1.82, 2.24) is 4.90 Å². The molecule has 1 saturated heterocycles. The van der Waals surface area contributed by atoms with Gasteiger partial charge >= 0.3 is 5.97 Å². The highest BCUT2D eigenvalue weighted by molar-refractivity contribution is 5.91. The minimum Gasteiger partial charge on any atom is -0.481 e. The summed E-state index contributed by atoms with van der Waals surface area (Å²) in [6.45, 7) is 1.20. The molecule has 1 aliphatic rings. The summed E-state index contributed by atoms with van der Waals surface area (Å²) in [6.07, 6.45) is 2.77. The van der Waals surface area contributed by atoms with E-state index in [1.807, 2.05) is 30.3 Å². The average molecular weight is 275 g/mol. The zero-order valence-electron chi connectivity index (χ0n) is 11.1. The van der Waals surface area contributed by atoms with Crippen molar-refractivity contribution in [3.05, 3.63) is 42.0 Å². The molecule has 1 aliphatic heterocycles. The number of aliphatic carboxylic acids is 1. The molecule has 1 amide bonds. The van der Waals surface area contributed by atoms with Gasteiger partial charge in [0.05, 0.1) is 19.1 Å². The Kier molecular flexibility index (Phi) is 4.90. The monoisotopic (exact) mass is 275 g/mol. The molecular formula is C15H17NO4. The average Bonchev–Trinajstić information content (AvgIpc) is 2.45. The van der Waals surface area contributed by atoms with Crippen LogP contribution in [0.15, 0.2) is 36.4 Å². The maximum atomic E-state index is 12.0. The van der Waals surface area contributed by atoms with Crippen molar-refractivity contribution < 1.29 is 19.4 Å². The molecule has 0 aliphatic carbocycles. The molecule has 1 N–H and O–H groups in total. The van der Waals surface area contributed by atoms with Gasteiger partial charge in [-0.15, -0.1) is 0 Å². The first-order valence-corrected chi connectivity index (χ1v) is 6.50. The second kappa shape index (κ2) is 6.86. The number of carboxylic acid groups (broad SMARTS) is 1. The number of ether oxygens (including phenoxy) is 1.